The number of nitrogens with zero attached hydrogens (tertiary/aromatic N) is 3. The molecule has 1 aromatic heterocycles. The zero-order valence-electron chi connectivity index (χ0n) is 27.9. The van der Waals surface area contributed by atoms with Gasteiger partial charge in [-0.05, 0) is 49.7 Å². The van der Waals surface area contributed by atoms with Gasteiger partial charge in [-0.15, -0.1) is 16.9 Å². The maximum atomic E-state index is 14.4. The first-order chi connectivity index (χ1) is 24.5. The molecule has 2 aliphatic rings. The van der Waals surface area contributed by atoms with E-state index in [9.17, 15) is 45.8 Å². The second kappa shape index (κ2) is 15.8. The van der Waals surface area contributed by atoms with Gasteiger partial charge in [-0.25, -0.2) is 17.9 Å². The lowest BCUT2D eigenvalue weighted by Gasteiger charge is -2.47. The van der Waals surface area contributed by atoms with E-state index in [0.717, 1.165) is 37.7 Å². The number of thioether (sulfide) groups is 1. The number of alkyl halides is 3. The third-order valence-electron chi connectivity index (χ3n) is 8.54. The molecule has 0 radical (unpaired) electrons. The number of ether oxygens (including phenoxy) is 4. The molecule has 12 nitrogen and oxygen atoms in total. The fourth-order valence-corrected chi connectivity index (χ4v) is 7.97. The molecular formula is C33H34F6N4O8S. The molecule has 2 aliphatic heterocycles. The molecule has 2 saturated heterocycles. The Bertz CT molecular complexity index is 1770. The van der Waals surface area contributed by atoms with Gasteiger partial charge in [-0.2, -0.15) is 13.2 Å². The summed E-state index contributed by atoms with van der Waals surface area (Å²) >= 11 is 0.710. The molecule has 3 aromatic rings. The second-order valence-corrected chi connectivity index (χ2v) is 13.5. The monoisotopic (exact) mass is 760 g/mol. The Kier molecular flexibility index (Phi) is 11.9. The number of esters is 3. The normalized spacial score (nSPS) is 23.8. The molecule has 0 amide bonds. The SMILES string of the molecule is CC(=O)OC[C@H]1O[C@@H](S[C@H](c2ccccc2C(F)(F)F)C2(O)CCNCC2)[C@H](OC(C)=O)[C@@H](n2cc(-c3cc(F)c(F)c(F)c3)nn2)[C@H]1OC(C)=O. The van der Waals surface area contributed by atoms with Gasteiger partial charge in [-0.1, -0.05) is 23.4 Å². The smallest absolute Gasteiger partial charge is 0.416 e. The summed E-state index contributed by atoms with van der Waals surface area (Å²) in [5.74, 6) is -7.31. The molecule has 2 aromatic carbocycles. The van der Waals surface area contributed by atoms with Crippen LogP contribution in [0.2, 0.25) is 0 Å². The fraction of sp³-hybridized carbons (Fsp3) is 0.485. The molecule has 5 rings (SSSR count). The molecule has 282 valence electrons. The number of hydrogen-bond acceptors (Lipinski definition) is 12. The lowest BCUT2D eigenvalue weighted by atomic mass is 9.84. The Morgan fingerprint density at radius 1 is 1.02 bits per heavy atom. The Balaban J connectivity index is 1.67. The number of carbonyl (C=O) groups is 3. The Labute approximate surface area is 297 Å². The number of halogens is 6. The first kappa shape index (κ1) is 39.0. The van der Waals surface area contributed by atoms with Crippen molar-refractivity contribution in [1.29, 1.82) is 0 Å². The lowest BCUT2D eigenvalue weighted by Crippen LogP contribution is -2.58. The van der Waals surface area contributed by atoms with Crippen molar-refractivity contribution in [2.45, 2.75) is 80.4 Å². The number of nitrogens with one attached hydrogen (secondary N) is 1. The van der Waals surface area contributed by atoms with E-state index in [1.807, 2.05) is 0 Å². The van der Waals surface area contributed by atoms with Gasteiger partial charge < -0.3 is 29.4 Å². The van der Waals surface area contributed by atoms with E-state index < -0.39 is 94.3 Å². The van der Waals surface area contributed by atoms with E-state index in [0.29, 0.717) is 23.9 Å². The largest absolute Gasteiger partial charge is 0.463 e. The predicted molar refractivity (Wildman–Crippen MR) is 170 cm³/mol. The van der Waals surface area contributed by atoms with Crippen LogP contribution in [0.5, 0.6) is 0 Å². The van der Waals surface area contributed by atoms with Gasteiger partial charge in [0.15, 0.2) is 29.7 Å². The van der Waals surface area contributed by atoms with Crippen molar-refractivity contribution < 1.29 is 64.8 Å². The zero-order chi connectivity index (χ0) is 38.0. The third kappa shape index (κ3) is 8.70. The molecule has 0 unspecified atom stereocenters. The van der Waals surface area contributed by atoms with Crippen LogP contribution in [0.3, 0.4) is 0 Å². The molecule has 0 bridgehead atoms. The van der Waals surface area contributed by atoms with Crippen LogP contribution in [-0.4, -0.2) is 87.1 Å². The molecule has 3 heterocycles. The van der Waals surface area contributed by atoms with E-state index in [2.05, 4.69) is 15.6 Å². The second-order valence-electron chi connectivity index (χ2n) is 12.3. The Morgan fingerprint density at radius 2 is 1.63 bits per heavy atom. The van der Waals surface area contributed by atoms with Gasteiger partial charge in [0.1, 0.15) is 29.9 Å². The molecule has 6 atom stereocenters. The van der Waals surface area contributed by atoms with Crippen molar-refractivity contribution in [1.82, 2.24) is 20.3 Å². The summed E-state index contributed by atoms with van der Waals surface area (Å²) in [4.78, 5) is 37.0. The third-order valence-corrected chi connectivity index (χ3v) is 10.2. The fourth-order valence-electron chi connectivity index (χ4n) is 6.28. The predicted octanol–water partition coefficient (Wildman–Crippen LogP) is 4.66. The summed E-state index contributed by atoms with van der Waals surface area (Å²) in [7, 11) is 0. The standard InChI is InChI=1S/C33H34F6N4O8S/c1-16(44)48-15-25-28(49-17(2)45)27(43-14-24(41-42-43)19-12-22(34)26(36)23(35)13-19)29(50-18(3)46)31(51-25)52-30(32(47)8-10-40-11-9-32)20-6-4-5-7-21(20)33(37,38)39/h4-7,12-14,25,27-31,40,47H,8-11,15H2,1-3H3/t25-,27+,28+,29-,30-,31+/m1/s1. The van der Waals surface area contributed by atoms with Gasteiger partial charge in [0.25, 0.3) is 0 Å². The summed E-state index contributed by atoms with van der Waals surface area (Å²) in [6, 6.07) is 4.58. The van der Waals surface area contributed by atoms with Gasteiger partial charge in [0.2, 0.25) is 0 Å². The van der Waals surface area contributed by atoms with Crippen LogP contribution in [0, 0.1) is 17.5 Å². The summed E-state index contributed by atoms with van der Waals surface area (Å²) in [6.45, 7) is 3.14. The molecular weight excluding hydrogens is 726 g/mol. The van der Waals surface area contributed by atoms with Crippen molar-refractivity contribution in [2.75, 3.05) is 19.7 Å². The van der Waals surface area contributed by atoms with Crippen LogP contribution < -0.4 is 5.32 Å². The number of hydrogen-bond donors (Lipinski definition) is 2. The molecule has 19 heteroatoms. The van der Waals surface area contributed by atoms with Gasteiger partial charge in [0.05, 0.1) is 22.6 Å². The van der Waals surface area contributed by atoms with E-state index in [1.165, 1.54) is 18.2 Å². The number of aliphatic hydroxyl groups is 1. The van der Waals surface area contributed by atoms with Crippen molar-refractivity contribution in [3.8, 4) is 11.3 Å². The van der Waals surface area contributed by atoms with Crippen molar-refractivity contribution in [3.63, 3.8) is 0 Å². The average Bonchev–Trinajstić information content (AvgIpc) is 3.55. The van der Waals surface area contributed by atoms with Crippen LogP contribution in [-0.2, 0) is 39.5 Å². The molecule has 2 fully saturated rings. The summed E-state index contributed by atoms with van der Waals surface area (Å²) in [5.41, 5.74) is -4.99. The van der Waals surface area contributed by atoms with Crippen LogP contribution >= 0.6 is 11.8 Å². The maximum Gasteiger partial charge on any atom is 0.416 e. The molecule has 0 aliphatic carbocycles. The lowest BCUT2D eigenvalue weighted by molar-refractivity contribution is -0.212. The quantitative estimate of drug-likeness (QED) is 0.128. The van der Waals surface area contributed by atoms with E-state index >= 15 is 0 Å². The summed E-state index contributed by atoms with van der Waals surface area (Å²) in [5, 5.41) is 21.7. The number of carbonyl (C=O) groups excluding carboxylic acids is 3. The summed E-state index contributed by atoms with van der Waals surface area (Å²) in [6.07, 6.45) is -8.09. The molecule has 2 N–H and O–H groups in total. The van der Waals surface area contributed by atoms with Crippen molar-refractivity contribution >= 4 is 29.7 Å². The molecule has 52 heavy (non-hydrogen) atoms. The van der Waals surface area contributed by atoms with Crippen LogP contribution in [0.1, 0.15) is 56.0 Å². The summed E-state index contributed by atoms with van der Waals surface area (Å²) < 4.78 is 109. The van der Waals surface area contributed by atoms with Gasteiger partial charge in [0, 0.05) is 26.3 Å². The highest BCUT2D eigenvalue weighted by atomic mass is 32.2. The minimum absolute atomic E-state index is 0.0232. The van der Waals surface area contributed by atoms with Crippen LogP contribution in [0.25, 0.3) is 11.3 Å². The van der Waals surface area contributed by atoms with Crippen molar-refractivity contribution in [2.24, 2.45) is 0 Å². The van der Waals surface area contributed by atoms with Gasteiger partial charge >= 0.3 is 24.1 Å². The van der Waals surface area contributed by atoms with Crippen molar-refractivity contribution in [3.05, 3.63) is 71.2 Å². The van der Waals surface area contributed by atoms with Crippen LogP contribution in [0.4, 0.5) is 26.3 Å². The highest BCUT2D eigenvalue weighted by Crippen LogP contribution is 2.52. The maximum absolute atomic E-state index is 14.4. The van der Waals surface area contributed by atoms with Gasteiger partial charge in [-0.3, -0.25) is 14.4 Å². The average molecular weight is 761 g/mol. The first-order valence-electron chi connectivity index (χ1n) is 15.9. The highest BCUT2D eigenvalue weighted by Gasteiger charge is 2.55. The molecule has 0 spiro atoms. The zero-order valence-corrected chi connectivity index (χ0v) is 28.7. The number of aromatic nitrogens is 3. The number of benzene rings is 2. The van der Waals surface area contributed by atoms with Crippen LogP contribution in [0.15, 0.2) is 42.6 Å². The van der Waals surface area contributed by atoms with E-state index in [4.69, 9.17) is 18.9 Å². The number of piperidine rings is 1. The minimum atomic E-state index is -4.83. The highest BCUT2D eigenvalue weighted by molar-refractivity contribution is 8.00. The Hall–Kier alpha value is -4.20. The minimum Gasteiger partial charge on any atom is -0.463 e. The number of rotatable bonds is 10. The first-order valence-corrected chi connectivity index (χ1v) is 16.9. The van der Waals surface area contributed by atoms with E-state index in [1.54, 1.807) is 0 Å². The topological polar surface area (TPSA) is 151 Å². The Morgan fingerprint density at radius 3 is 2.23 bits per heavy atom. The van der Waals surface area contributed by atoms with E-state index in [-0.39, 0.29) is 42.8 Å². The molecule has 0 saturated carbocycles.